The molecule has 0 unspecified atom stereocenters. The summed E-state index contributed by atoms with van der Waals surface area (Å²) in [6, 6.07) is 21.1. The average Bonchev–Trinajstić information content (AvgIpc) is 3.39. The Labute approximate surface area is 195 Å². The summed E-state index contributed by atoms with van der Waals surface area (Å²) in [5.74, 6) is 1.31. The van der Waals surface area contributed by atoms with E-state index in [1.807, 2.05) is 23.1 Å². The van der Waals surface area contributed by atoms with Gasteiger partial charge in [-0.2, -0.15) is 0 Å². The lowest BCUT2D eigenvalue weighted by molar-refractivity contribution is -0.115. The Bertz CT molecular complexity index is 1230. The fourth-order valence-electron chi connectivity index (χ4n) is 4.35. The van der Waals surface area contributed by atoms with Gasteiger partial charge in [0.25, 0.3) is 0 Å². The third kappa shape index (κ3) is 3.55. The lowest BCUT2D eigenvalue weighted by Gasteiger charge is -2.25. The number of nitrogens with zero attached hydrogens (tertiary/aromatic N) is 4. The number of thiophene rings is 1. The molecule has 5 nitrogen and oxygen atoms in total. The van der Waals surface area contributed by atoms with Crippen LogP contribution in [-0.4, -0.2) is 26.4 Å². The maximum Gasteiger partial charge on any atom is 0.242 e. The van der Waals surface area contributed by atoms with Crippen LogP contribution in [0.2, 0.25) is 0 Å². The number of hydrogen-bond donors (Lipinski definition) is 0. The van der Waals surface area contributed by atoms with E-state index in [4.69, 9.17) is 0 Å². The quantitative estimate of drug-likeness (QED) is 0.350. The molecule has 3 heterocycles. The minimum atomic E-state index is 0.0693. The molecule has 1 saturated carbocycles. The molecule has 0 saturated heterocycles. The van der Waals surface area contributed by atoms with Gasteiger partial charge in [-0.25, -0.2) is 0 Å². The van der Waals surface area contributed by atoms with Crippen molar-refractivity contribution < 1.29 is 4.79 Å². The van der Waals surface area contributed by atoms with Crippen LogP contribution < -0.4 is 4.90 Å². The van der Waals surface area contributed by atoms with Crippen LogP contribution >= 0.6 is 23.1 Å². The van der Waals surface area contributed by atoms with Crippen LogP contribution in [0.3, 0.4) is 0 Å². The Morgan fingerprint density at radius 1 is 0.938 bits per heavy atom. The lowest BCUT2D eigenvalue weighted by atomic mass is 10.0. The van der Waals surface area contributed by atoms with Gasteiger partial charge in [0.1, 0.15) is 0 Å². The predicted octanol–water partition coefficient (Wildman–Crippen LogP) is 5.90. The van der Waals surface area contributed by atoms with E-state index in [1.54, 1.807) is 11.3 Å². The van der Waals surface area contributed by atoms with Crippen LogP contribution in [0.25, 0.3) is 10.7 Å². The van der Waals surface area contributed by atoms with Crippen molar-refractivity contribution in [1.29, 1.82) is 0 Å². The van der Waals surface area contributed by atoms with Gasteiger partial charge in [-0.15, -0.1) is 21.5 Å². The smallest absolute Gasteiger partial charge is 0.242 e. The number of carbonyl (C=O) groups is 1. The van der Waals surface area contributed by atoms with Crippen LogP contribution in [0, 0.1) is 0 Å². The highest BCUT2D eigenvalue weighted by atomic mass is 32.2. The highest BCUT2D eigenvalue weighted by Gasteiger charge is 2.31. The number of aromatic nitrogens is 3. The van der Waals surface area contributed by atoms with E-state index in [-0.39, 0.29) is 5.91 Å². The molecular formula is C25H22N4OS2. The molecule has 0 bridgehead atoms. The van der Waals surface area contributed by atoms with E-state index in [2.05, 4.69) is 62.6 Å². The first-order chi connectivity index (χ1) is 15.8. The lowest BCUT2D eigenvalue weighted by Crippen LogP contribution is -2.28. The van der Waals surface area contributed by atoms with Gasteiger partial charge in [0.2, 0.25) is 5.91 Å². The second-order valence-electron chi connectivity index (χ2n) is 8.16. The number of aryl methyl sites for hydroxylation is 2. The third-order valence-electron chi connectivity index (χ3n) is 6.02. The first kappa shape index (κ1) is 19.8. The number of para-hydroxylation sites is 2. The Morgan fingerprint density at radius 3 is 2.25 bits per heavy atom. The molecule has 2 aromatic heterocycles. The van der Waals surface area contributed by atoms with Gasteiger partial charge in [0.05, 0.1) is 22.0 Å². The highest BCUT2D eigenvalue weighted by Crippen LogP contribution is 2.42. The van der Waals surface area contributed by atoms with Gasteiger partial charge in [-0.1, -0.05) is 54.2 Å². The Balaban J connectivity index is 1.31. The summed E-state index contributed by atoms with van der Waals surface area (Å²) in [7, 11) is 0. The fraction of sp³-hybridized carbons (Fsp3) is 0.240. The Hall–Kier alpha value is -2.90. The Kier molecular flexibility index (Phi) is 5.08. The minimum absolute atomic E-state index is 0.0693. The molecule has 4 aromatic rings. The van der Waals surface area contributed by atoms with Crippen molar-refractivity contribution in [3.8, 4) is 10.7 Å². The number of amides is 1. The number of thioether (sulfide) groups is 1. The summed E-state index contributed by atoms with van der Waals surface area (Å²) in [6.07, 6.45) is 4.16. The van der Waals surface area contributed by atoms with Gasteiger partial charge in [0.15, 0.2) is 11.0 Å². The van der Waals surface area contributed by atoms with Crippen molar-refractivity contribution in [2.45, 2.75) is 36.9 Å². The van der Waals surface area contributed by atoms with Gasteiger partial charge in [0, 0.05) is 6.04 Å². The topological polar surface area (TPSA) is 51.0 Å². The molecule has 2 aliphatic rings. The number of rotatable bonds is 5. The van der Waals surface area contributed by atoms with E-state index in [0.29, 0.717) is 11.8 Å². The summed E-state index contributed by atoms with van der Waals surface area (Å²) in [5.41, 5.74) is 4.41. The van der Waals surface area contributed by atoms with Gasteiger partial charge < -0.3 is 0 Å². The minimum Gasteiger partial charge on any atom is -0.298 e. The maximum atomic E-state index is 13.6. The summed E-state index contributed by atoms with van der Waals surface area (Å²) in [5, 5.41) is 11.8. The molecule has 0 radical (unpaired) electrons. The zero-order valence-electron chi connectivity index (χ0n) is 17.5. The molecule has 1 aliphatic heterocycles. The van der Waals surface area contributed by atoms with Crippen molar-refractivity contribution >= 4 is 40.4 Å². The van der Waals surface area contributed by atoms with Crippen molar-refractivity contribution in [1.82, 2.24) is 14.8 Å². The summed E-state index contributed by atoms with van der Waals surface area (Å²) >= 11 is 3.17. The molecule has 0 N–H and O–H groups in total. The van der Waals surface area contributed by atoms with Crippen LogP contribution in [0.1, 0.15) is 30.0 Å². The average molecular weight is 459 g/mol. The molecule has 1 aliphatic carbocycles. The van der Waals surface area contributed by atoms with Gasteiger partial charge >= 0.3 is 0 Å². The zero-order valence-corrected chi connectivity index (χ0v) is 19.1. The summed E-state index contributed by atoms with van der Waals surface area (Å²) < 4.78 is 2.23. The molecule has 0 atom stereocenters. The van der Waals surface area contributed by atoms with Crippen molar-refractivity contribution in [2.24, 2.45) is 0 Å². The van der Waals surface area contributed by atoms with Crippen LogP contribution in [0.4, 0.5) is 11.4 Å². The highest BCUT2D eigenvalue weighted by molar-refractivity contribution is 7.99. The van der Waals surface area contributed by atoms with Crippen LogP contribution in [0.5, 0.6) is 0 Å². The monoisotopic (exact) mass is 458 g/mol. The Morgan fingerprint density at radius 2 is 1.62 bits per heavy atom. The predicted molar refractivity (Wildman–Crippen MR) is 130 cm³/mol. The molecule has 1 amide bonds. The number of fused-ring (bicyclic) bond motifs is 2. The van der Waals surface area contributed by atoms with E-state index in [9.17, 15) is 4.79 Å². The standard InChI is InChI=1S/C25H22N4OS2/c30-23(16-32-25-27-26-24(22-10-5-15-31-22)28(25)19-13-14-19)29-20-8-3-1-6-17(20)11-12-18-7-2-4-9-21(18)29/h1-10,15,19H,11-14,16H2. The van der Waals surface area contributed by atoms with E-state index in [0.717, 1.165) is 52.9 Å². The number of anilines is 2. The molecule has 0 spiro atoms. The van der Waals surface area contributed by atoms with Crippen LogP contribution in [-0.2, 0) is 17.6 Å². The molecule has 2 aromatic carbocycles. The number of benzene rings is 2. The fourth-order valence-corrected chi connectivity index (χ4v) is 5.91. The normalized spacial score (nSPS) is 15.2. The number of carbonyl (C=O) groups excluding carboxylic acids is 1. The summed E-state index contributed by atoms with van der Waals surface area (Å²) in [6.45, 7) is 0. The third-order valence-corrected chi connectivity index (χ3v) is 7.81. The second-order valence-corrected chi connectivity index (χ2v) is 10.1. The van der Waals surface area contributed by atoms with Crippen molar-refractivity contribution in [2.75, 3.05) is 10.7 Å². The van der Waals surface area contributed by atoms with Crippen LogP contribution in [0.15, 0.2) is 71.2 Å². The molecule has 7 heteroatoms. The van der Waals surface area contributed by atoms with E-state index < -0.39 is 0 Å². The largest absolute Gasteiger partial charge is 0.298 e. The summed E-state index contributed by atoms with van der Waals surface area (Å²) in [4.78, 5) is 16.7. The van der Waals surface area contributed by atoms with Crippen molar-refractivity contribution in [3.63, 3.8) is 0 Å². The number of hydrogen-bond acceptors (Lipinski definition) is 5. The van der Waals surface area contributed by atoms with E-state index >= 15 is 0 Å². The van der Waals surface area contributed by atoms with Crippen molar-refractivity contribution in [3.05, 3.63) is 77.2 Å². The molecule has 32 heavy (non-hydrogen) atoms. The van der Waals surface area contributed by atoms with E-state index in [1.165, 1.54) is 22.9 Å². The molecule has 1 fully saturated rings. The van der Waals surface area contributed by atoms with Gasteiger partial charge in [-0.05, 0) is 60.4 Å². The first-order valence-corrected chi connectivity index (χ1v) is 12.8. The first-order valence-electron chi connectivity index (χ1n) is 10.9. The second kappa shape index (κ2) is 8.22. The maximum absolute atomic E-state index is 13.6. The molecule has 160 valence electrons. The molecule has 6 rings (SSSR count). The zero-order chi connectivity index (χ0) is 21.5. The SMILES string of the molecule is O=C(CSc1nnc(-c2cccs2)n1C1CC1)N1c2ccccc2CCc2ccccc21. The van der Waals surface area contributed by atoms with Gasteiger partial charge in [-0.3, -0.25) is 14.3 Å². The molecular weight excluding hydrogens is 436 g/mol.